The molecule has 0 saturated carbocycles. The van der Waals surface area contributed by atoms with Gasteiger partial charge in [-0.3, -0.25) is 14.9 Å². The molecule has 7 nitrogen and oxygen atoms in total. The number of fused-ring (bicyclic) bond motifs is 1. The molecule has 0 saturated heterocycles. The number of nitro benzene ring substituents is 1. The van der Waals surface area contributed by atoms with Crippen molar-refractivity contribution in [3.05, 3.63) is 99.1 Å². The number of carbonyl (C=O) groups is 1. The lowest BCUT2D eigenvalue weighted by Gasteiger charge is -2.30. The molecule has 0 aliphatic rings. The Labute approximate surface area is 270 Å². The zero-order valence-electron chi connectivity index (χ0n) is 27.1. The molecule has 4 rings (SSSR count). The van der Waals surface area contributed by atoms with Gasteiger partial charge in [-0.15, -0.1) is 0 Å². The van der Waals surface area contributed by atoms with Crippen molar-refractivity contribution in [2.45, 2.75) is 94.3 Å². The Hall–Kier alpha value is -4.04. The molecular formula is C37H44N2O5S. The minimum Gasteiger partial charge on any atom is -0.506 e. The van der Waals surface area contributed by atoms with Crippen LogP contribution in [-0.4, -0.2) is 22.5 Å². The van der Waals surface area contributed by atoms with Gasteiger partial charge in [0.05, 0.1) is 26.9 Å². The zero-order valence-corrected chi connectivity index (χ0v) is 27.9. The van der Waals surface area contributed by atoms with Crippen LogP contribution < -0.4 is 10.5 Å². The lowest BCUT2D eigenvalue weighted by molar-refractivity contribution is -0.387. The SMILES string of the molecule is CCC(C)(C)c1ccc(OCCCCc2c(O)c(Sc3ccccc3[N+](=O)[O-])c3ccccc3c2C(N)=O)c(C(C)(C)CC)c1. The van der Waals surface area contributed by atoms with Crippen molar-refractivity contribution in [3.8, 4) is 11.5 Å². The Balaban J connectivity index is 1.60. The Bertz CT molecular complexity index is 1710. The van der Waals surface area contributed by atoms with E-state index in [0.717, 1.165) is 30.4 Å². The summed E-state index contributed by atoms with van der Waals surface area (Å²) in [7, 11) is 0. The van der Waals surface area contributed by atoms with Crippen molar-refractivity contribution in [1.29, 1.82) is 0 Å². The summed E-state index contributed by atoms with van der Waals surface area (Å²) in [5, 5.41) is 24.5. The third kappa shape index (κ3) is 7.28. The molecule has 0 bridgehead atoms. The summed E-state index contributed by atoms with van der Waals surface area (Å²) in [6, 6.07) is 20.2. The van der Waals surface area contributed by atoms with E-state index in [1.54, 1.807) is 36.4 Å². The normalized spacial score (nSPS) is 12.0. The maximum Gasteiger partial charge on any atom is 0.283 e. The van der Waals surface area contributed by atoms with Crippen molar-refractivity contribution >= 4 is 34.1 Å². The van der Waals surface area contributed by atoms with E-state index in [1.165, 1.54) is 17.2 Å². The third-order valence-corrected chi connectivity index (χ3v) is 10.3. The number of unbranched alkanes of at least 4 members (excludes halogenated alkanes) is 1. The van der Waals surface area contributed by atoms with Crippen molar-refractivity contribution < 1.29 is 19.6 Å². The summed E-state index contributed by atoms with van der Waals surface area (Å²) < 4.78 is 6.36. The Morgan fingerprint density at radius 3 is 2.22 bits per heavy atom. The number of ether oxygens (including phenoxy) is 1. The highest BCUT2D eigenvalue weighted by atomic mass is 32.2. The fraction of sp³-hybridized carbons (Fsp3) is 0.378. The Morgan fingerprint density at radius 1 is 0.933 bits per heavy atom. The predicted octanol–water partition coefficient (Wildman–Crippen LogP) is 9.48. The molecule has 3 N–H and O–H groups in total. The van der Waals surface area contributed by atoms with E-state index in [4.69, 9.17) is 10.5 Å². The quantitative estimate of drug-likeness (QED) is 0.0816. The molecule has 1 amide bonds. The molecule has 0 aliphatic carbocycles. The summed E-state index contributed by atoms with van der Waals surface area (Å²) in [6.45, 7) is 13.9. The van der Waals surface area contributed by atoms with Crippen LogP contribution in [0.25, 0.3) is 10.8 Å². The van der Waals surface area contributed by atoms with Gasteiger partial charge in [0, 0.05) is 22.6 Å². The van der Waals surface area contributed by atoms with Gasteiger partial charge in [0.15, 0.2) is 0 Å². The maximum absolute atomic E-state index is 12.7. The fourth-order valence-corrected chi connectivity index (χ4v) is 6.58. The molecular weight excluding hydrogens is 584 g/mol. The number of nitrogens with two attached hydrogens (primary N) is 1. The molecule has 0 atom stereocenters. The molecule has 0 radical (unpaired) electrons. The second kappa shape index (κ2) is 13.9. The minimum atomic E-state index is -0.628. The summed E-state index contributed by atoms with van der Waals surface area (Å²) >= 11 is 1.12. The van der Waals surface area contributed by atoms with E-state index >= 15 is 0 Å². The van der Waals surface area contributed by atoms with E-state index < -0.39 is 10.8 Å². The zero-order chi connectivity index (χ0) is 32.9. The van der Waals surface area contributed by atoms with E-state index in [-0.39, 0.29) is 27.8 Å². The number of nitrogens with zero attached hydrogens (tertiary/aromatic N) is 1. The van der Waals surface area contributed by atoms with Gasteiger partial charge in [-0.05, 0) is 66.0 Å². The van der Waals surface area contributed by atoms with Crippen molar-refractivity contribution in [2.24, 2.45) is 5.73 Å². The van der Waals surface area contributed by atoms with Gasteiger partial charge in [0.1, 0.15) is 11.5 Å². The number of para-hydroxylation sites is 1. The summed E-state index contributed by atoms with van der Waals surface area (Å²) in [5.74, 6) is 0.177. The molecule has 0 aromatic heterocycles. The first-order chi connectivity index (χ1) is 21.3. The highest BCUT2D eigenvalue weighted by Crippen LogP contribution is 2.46. The molecule has 0 heterocycles. The van der Waals surface area contributed by atoms with Gasteiger partial charge >= 0.3 is 0 Å². The van der Waals surface area contributed by atoms with Crippen LogP contribution in [0.5, 0.6) is 11.5 Å². The van der Waals surface area contributed by atoms with E-state index in [9.17, 15) is 20.0 Å². The number of hydrogen-bond acceptors (Lipinski definition) is 6. The second-order valence-corrected chi connectivity index (χ2v) is 13.8. The molecule has 0 fully saturated rings. The van der Waals surface area contributed by atoms with Crippen LogP contribution in [-0.2, 0) is 17.3 Å². The van der Waals surface area contributed by atoms with E-state index in [0.29, 0.717) is 52.0 Å². The number of phenolic OH excluding ortho intramolecular Hbond substituents is 1. The van der Waals surface area contributed by atoms with Gasteiger partial charge in [-0.25, -0.2) is 0 Å². The average molecular weight is 629 g/mol. The molecule has 238 valence electrons. The number of phenols is 1. The maximum atomic E-state index is 12.7. The molecule has 8 heteroatoms. The largest absolute Gasteiger partial charge is 0.506 e. The highest BCUT2D eigenvalue weighted by Gasteiger charge is 2.27. The van der Waals surface area contributed by atoms with Crippen LogP contribution in [0.3, 0.4) is 0 Å². The van der Waals surface area contributed by atoms with Gasteiger partial charge in [0.25, 0.3) is 5.69 Å². The number of hydrogen-bond donors (Lipinski definition) is 2. The number of primary amides is 1. The lowest BCUT2D eigenvalue weighted by atomic mass is 9.76. The van der Waals surface area contributed by atoms with Crippen LogP contribution in [0, 0.1) is 10.1 Å². The van der Waals surface area contributed by atoms with Crippen LogP contribution in [0.4, 0.5) is 5.69 Å². The molecule has 45 heavy (non-hydrogen) atoms. The molecule has 4 aromatic carbocycles. The molecule has 4 aromatic rings. The smallest absolute Gasteiger partial charge is 0.283 e. The van der Waals surface area contributed by atoms with Crippen LogP contribution in [0.1, 0.15) is 94.3 Å². The summed E-state index contributed by atoms with van der Waals surface area (Å²) in [6.07, 6.45) is 3.72. The van der Waals surface area contributed by atoms with E-state index in [2.05, 4.69) is 59.7 Å². The Morgan fingerprint density at radius 2 is 1.58 bits per heavy atom. The summed E-state index contributed by atoms with van der Waals surface area (Å²) in [4.78, 5) is 24.9. The fourth-order valence-electron chi connectivity index (χ4n) is 5.46. The van der Waals surface area contributed by atoms with Gasteiger partial charge in [-0.2, -0.15) is 0 Å². The number of amides is 1. The minimum absolute atomic E-state index is 0.0513. The van der Waals surface area contributed by atoms with Gasteiger partial charge < -0.3 is 15.6 Å². The van der Waals surface area contributed by atoms with Crippen LogP contribution in [0.2, 0.25) is 0 Å². The first kappa shape index (κ1) is 33.8. The standard InChI is InChI=1S/C37H44N2O5S/c1-7-36(3,4)24-20-21-30(28(23-24)37(5,6)8-2)44-22-14-13-17-27-32(35(38)41)25-15-9-10-16-26(25)34(33(27)40)45-31-19-12-11-18-29(31)39(42)43/h9-12,15-16,18-21,23,40H,7-8,13-14,17,22H2,1-6H3,(H2,38,41). The third-order valence-electron chi connectivity index (χ3n) is 9.10. The summed E-state index contributed by atoms with van der Waals surface area (Å²) in [5.41, 5.74) is 9.06. The Kier molecular flexibility index (Phi) is 10.5. The van der Waals surface area contributed by atoms with Crippen LogP contribution >= 0.6 is 11.8 Å². The predicted molar refractivity (Wildman–Crippen MR) is 183 cm³/mol. The first-order valence-corrected chi connectivity index (χ1v) is 16.4. The number of nitro groups is 1. The number of benzene rings is 4. The second-order valence-electron chi connectivity index (χ2n) is 12.8. The number of aromatic hydroxyl groups is 1. The molecule has 0 spiro atoms. The number of rotatable bonds is 14. The van der Waals surface area contributed by atoms with Crippen molar-refractivity contribution in [2.75, 3.05) is 6.61 Å². The van der Waals surface area contributed by atoms with Crippen molar-refractivity contribution in [3.63, 3.8) is 0 Å². The monoisotopic (exact) mass is 628 g/mol. The average Bonchev–Trinajstić information content (AvgIpc) is 3.02. The van der Waals surface area contributed by atoms with Crippen LogP contribution in [0.15, 0.2) is 76.5 Å². The number of carbonyl (C=O) groups excluding carboxylic acids is 1. The first-order valence-electron chi connectivity index (χ1n) is 15.6. The van der Waals surface area contributed by atoms with Gasteiger partial charge in [0.2, 0.25) is 5.91 Å². The van der Waals surface area contributed by atoms with Gasteiger partial charge in [-0.1, -0.05) is 102 Å². The highest BCUT2D eigenvalue weighted by molar-refractivity contribution is 7.99. The molecule has 0 unspecified atom stereocenters. The molecule has 0 aliphatic heterocycles. The topological polar surface area (TPSA) is 116 Å². The lowest BCUT2D eigenvalue weighted by Crippen LogP contribution is -2.21. The van der Waals surface area contributed by atoms with E-state index in [1.807, 2.05) is 6.07 Å². The van der Waals surface area contributed by atoms with Crippen molar-refractivity contribution in [1.82, 2.24) is 0 Å².